The maximum atomic E-state index is 12.8. The van der Waals surface area contributed by atoms with Crippen molar-refractivity contribution in [1.82, 2.24) is 20.4 Å². The molecule has 3 aliphatic rings. The molecule has 2 unspecified atom stereocenters. The van der Waals surface area contributed by atoms with E-state index in [1.165, 1.54) is 5.56 Å². The van der Waals surface area contributed by atoms with E-state index in [9.17, 15) is 14.4 Å². The number of imide groups is 1. The first kappa shape index (κ1) is 19.1. The Morgan fingerprint density at radius 2 is 2.04 bits per heavy atom. The van der Waals surface area contributed by atoms with Gasteiger partial charge in [0.15, 0.2) is 0 Å². The molecule has 0 aliphatic carbocycles. The molecule has 1 aromatic rings. The van der Waals surface area contributed by atoms with Crippen LogP contribution >= 0.6 is 0 Å². The smallest absolute Gasteiger partial charge is 0.255 e. The van der Waals surface area contributed by atoms with Crippen LogP contribution in [0.3, 0.4) is 0 Å². The van der Waals surface area contributed by atoms with Gasteiger partial charge in [-0.1, -0.05) is 26.0 Å². The largest absolute Gasteiger partial charge is 0.322 e. The summed E-state index contributed by atoms with van der Waals surface area (Å²) in [5.41, 5.74) is 3.05. The number of nitrogens with one attached hydrogen (secondary N) is 2. The minimum absolute atomic E-state index is 0.117. The highest BCUT2D eigenvalue weighted by molar-refractivity contribution is 6.05. The number of likely N-dealkylation sites (N-methyl/N-ethyl adjacent to an activating group) is 1. The van der Waals surface area contributed by atoms with Crippen LogP contribution in [0, 0.1) is 5.41 Å². The normalized spacial score (nSPS) is 27.2. The molecule has 3 heterocycles. The van der Waals surface area contributed by atoms with Gasteiger partial charge in [-0.15, -0.1) is 0 Å². The van der Waals surface area contributed by atoms with E-state index in [1.54, 1.807) is 4.90 Å². The molecule has 3 aliphatic heterocycles. The molecule has 0 aromatic heterocycles. The number of amides is 3. The number of nitrogens with zero attached hydrogens (tertiary/aromatic N) is 2. The Morgan fingerprint density at radius 1 is 1.25 bits per heavy atom. The van der Waals surface area contributed by atoms with Crippen molar-refractivity contribution in [2.24, 2.45) is 5.41 Å². The van der Waals surface area contributed by atoms with Crippen molar-refractivity contribution in [3.63, 3.8) is 0 Å². The lowest BCUT2D eigenvalue weighted by molar-refractivity contribution is -0.136. The number of benzene rings is 1. The zero-order chi connectivity index (χ0) is 20.1. The Hall–Kier alpha value is -2.25. The third-order valence-electron chi connectivity index (χ3n) is 6.36. The molecule has 7 nitrogen and oxygen atoms in total. The number of piperidine rings is 1. The van der Waals surface area contributed by atoms with Gasteiger partial charge in [-0.2, -0.15) is 0 Å². The number of carbonyl (C=O) groups excluding carboxylic acids is 3. The molecule has 7 heteroatoms. The highest BCUT2D eigenvalue weighted by Gasteiger charge is 2.40. The second kappa shape index (κ2) is 6.97. The van der Waals surface area contributed by atoms with E-state index in [-0.39, 0.29) is 29.6 Å². The van der Waals surface area contributed by atoms with Gasteiger partial charge in [0.1, 0.15) is 6.04 Å². The van der Waals surface area contributed by atoms with E-state index in [0.29, 0.717) is 24.6 Å². The van der Waals surface area contributed by atoms with Crippen molar-refractivity contribution in [1.29, 1.82) is 0 Å². The van der Waals surface area contributed by atoms with E-state index < -0.39 is 6.04 Å². The predicted octanol–water partition coefficient (Wildman–Crippen LogP) is 0.877. The van der Waals surface area contributed by atoms with Crippen LogP contribution in [0.2, 0.25) is 0 Å². The summed E-state index contributed by atoms with van der Waals surface area (Å²) < 4.78 is 0. The Labute approximate surface area is 165 Å². The highest BCUT2D eigenvalue weighted by Crippen LogP contribution is 2.32. The van der Waals surface area contributed by atoms with Gasteiger partial charge in [-0.3, -0.25) is 24.6 Å². The first-order valence-electron chi connectivity index (χ1n) is 9.94. The van der Waals surface area contributed by atoms with Gasteiger partial charge in [0.05, 0.1) is 0 Å². The number of likely N-dealkylation sites (tertiary alicyclic amines) is 1. The lowest BCUT2D eigenvalue weighted by atomic mass is 9.88. The van der Waals surface area contributed by atoms with Crippen LogP contribution in [0.15, 0.2) is 18.2 Å². The molecule has 2 fully saturated rings. The summed E-state index contributed by atoms with van der Waals surface area (Å²) in [6.45, 7) is 7.87. The van der Waals surface area contributed by atoms with E-state index in [4.69, 9.17) is 0 Å². The van der Waals surface area contributed by atoms with E-state index >= 15 is 0 Å². The summed E-state index contributed by atoms with van der Waals surface area (Å²) in [6.07, 6.45) is 0.671. The van der Waals surface area contributed by atoms with E-state index in [0.717, 1.165) is 25.2 Å². The molecule has 2 atom stereocenters. The van der Waals surface area contributed by atoms with Gasteiger partial charge < -0.3 is 10.2 Å². The zero-order valence-corrected chi connectivity index (χ0v) is 16.7. The fourth-order valence-electron chi connectivity index (χ4n) is 4.84. The van der Waals surface area contributed by atoms with Gasteiger partial charge >= 0.3 is 0 Å². The highest BCUT2D eigenvalue weighted by atomic mass is 16.2. The number of carbonyl (C=O) groups is 3. The molecule has 0 bridgehead atoms. The second-order valence-corrected chi connectivity index (χ2v) is 8.89. The summed E-state index contributed by atoms with van der Waals surface area (Å²) in [6, 6.07) is 5.90. The molecule has 2 N–H and O–H groups in total. The molecular weight excluding hydrogens is 356 g/mol. The SMILES string of the molecule is CNC1CN(Cc2ccc3c(c2)CN(C2CCC(=O)NC2=O)C3=O)CC1(C)C. The van der Waals surface area contributed by atoms with Gasteiger partial charge in [0.25, 0.3) is 5.91 Å². The summed E-state index contributed by atoms with van der Waals surface area (Å²) in [7, 11) is 2.01. The Balaban J connectivity index is 1.47. The molecule has 150 valence electrons. The first-order valence-corrected chi connectivity index (χ1v) is 9.94. The van der Waals surface area contributed by atoms with Gasteiger partial charge in [0.2, 0.25) is 11.8 Å². The molecule has 4 rings (SSSR count). The lowest BCUT2D eigenvalue weighted by Gasteiger charge is -2.29. The van der Waals surface area contributed by atoms with Gasteiger partial charge in [-0.25, -0.2) is 0 Å². The average molecular weight is 384 g/mol. The molecule has 0 spiro atoms. The van der Waals surface area contributed by atoms with Crippen LogP contribution < -0.4 is 10.6 Å². The van der Waals surface area contributed by atoms with E-state index in [2.05, 4.69) is 35.4 Å². The third-order valence-corrected chi connectivity index (χ3v) is 6.36. The standard InChI is InChI=1S/C21H28N4O3/c1-21(2)12-24(11-17(21)22-3)9-13-4-5-15-14(8-13)10-25(20(15)28)16-6-7-18(26)23-19(16)27/h4-5,8,16-17,22H,6-7,9-12H2,1-3H3,(H,23,26,27). The topological polar surface area (TPSA) is 81.8 Å². The van der Waals surface area contributed by atoms with Crippen molar-refractivity contribution in [3.05, 3.63) is 34.9 Å². The minimum atomic E-state index is -0.559. The zero-order valence-electron chi connectivity index (χ0n) is 16.7. The molecule has 2 saturated heterocycles. The lowest BCUT2D eigenvalue weighted by Crippen LogP contribution is -2.52. The molecule has 1 aromatic carbocycles. The quantitative estimate of drug-likeness (QED) is 0.753. The maximum absolute atomic E-state index is 12.8. The summed E-state index contributed by atoms with van der Waals surface area (Å²) in [4.78, 5) is 40.4. The maximum Gasteiger partial charge on any atom is 0.255 e. The second-order valence-electron chi connectivity index (χ2n) is 8.89. The third kappa shape index (κ3) is 3.33. The molecule has 0 radical (unpaired) electrons. The fourth-order valence-corrected chi connectivity index (χ4v) is 4.84. The van der Waals surface area contributed by atoms with Crippen molar-refractivity contribution in [3.8, 4) is 0 Å². The molecule has 28 heavy (non-hydrogen) atoms. The Bertz CT molecular complexity index is 835. The average Bonchev–Trinajstić information content (AvgIpc) is 3.10. The van der Waals surface area contributed by atoms with Crippen LogP contribution in [0.1, 0.15) is 48.2 Å². The molecular formula is C21H28N4O3. The van der Waals surface area contributed by atoms with Crippen molar-refractivity contribution >= 4 is 17.7 Å². The van der Waals surface area contributed by atoms with Crippen LogP contribution in [0.5, 0.6) is 0 Å². The Morgan fingerprint density at radius 3 is 2.71 bits per heavy atom. The van der Waals surface area contributed by atoms with Gasteiger partial charge in [-0.05, 0) is 36.1 Å². The summed E-state index contributed by atoms with van der Waals surface area (Å²) >= 11 is 0. The first-order chi connectivity index (χ1) is 13.3. The molecule has 0 saturated carbocycles. The fraction of sp³-hybridized carbons (Fsp3) is 0.571. The molecule has 3 amide bonds. The van der Waals surface area contributed by atoms with Crippen LogP contribution in [0.25, 0.3) is 0 Å². The monoisotopic (exact) mass is 384 g/mol. The van der Waals surface area contributed by atoms with Gasteiger partial charge in [0, 0.05) is 44.2 Å². The van der Waals surface area contributed by atoms with Crippen molar-refractivity contribution in [2.45, 2.75) is 51.9 Å². The van der Waals surface area contributed by atoms with Crippen molar-refractivity contribution < 1.29 is 14.4 Å². The van der Waals surface area contributed by atoms with Crippen molar-refractivity contribution in [2.75, 3.05) is 20.1 Å². The summed E-state index contributed by atoms with van der Waals surface area (Å²) in [5.74, 6) is -0.746. The van der Waals surface area contributed by atoms with E-state index in [1.807, 2.05) is 19.2 Å². The van der Waals surface area contributed by atoms with Crippen LogP contribution in [0.4, 0.5) is 0 Å². The van der Waals surface area contributed by atoms with Crippen LogP contribution in [-0.4, -0.2) is 59.7 Å². The number of hydrogen-bond acceptors (Lipinski definition) is 5. The number of rotatable bonds is 4. The summed E-state index contributed by atoms with van der Waals surface area (Å²) in [5, 5.41) is 5.76. The number of fused-ring (bicyclic) bond motifs is 1. The minimum Gasteiger partial charge on any atom is -0.322 e. The predicted molar refractivity (Wildman–Crippen MR) is 104 cm³/mol. The van der Waals surface area contributed by atoms with Crippen LogP contribution in [-0.2, 0) is 22.7 Å². The Kier molecular flexibility index (Phi) is 4.75. The number of hydrogen-bond donors (Lipinski definition) is 2.